The fraction of sp³-hybridized carbons (Fsp3) is 0.375. The van der Waals surface area contributed by atoms with Crippen molar-refractivity contribution in [1.82, 2.24) is 15.1 Å². The van der Waals surface area contributed by atoms with E-state index in [-0.39, 0.29) is 5.41 Å². The van der Waals surface area contributed by atoms with E-state index in [0.29, 0.717) is 0 Å². The highest BCUT2D eigenvalue weighted by Gasteiger charge is 2.39. The first-order valence-electron chi connectivity index (χ1n) is 10.1. The van der Waals surface area contributed by atoms with Gasteiger partial charge in [-0.3, -0.25) is 10.00 Å². The average Bonchev–Trinajstić information content (AvgIpc) is 3.23. The first-order chi connectivity index (χ1) is 13.1. The molecule has 1 saturated heterocycles. The molecule has 27 heavy (non-hydrogen) atoms. The van der Waals surface area contributed by atoms with Crippen LogP contribution in [0.5, 0.6) is 0 Å². The molecule has 2 aromatic carbocycles. The maximum Gasteiger partial charge on any atom is 0.0968 e. The molecule has 3 aromatic rings. The van der Waals surface area contributed by atoms with Crippen molar-refractivity contribution in [3.8, 4) is 22.5 Å². The van der Waals surface area contributed by atoms with Crippen LogP contribution in [-0.4, -0.2) is 28.2 Å². The van der Waals surface area contributed by atoms with Crippen LogP contribution in [0.25, 0.3) is 22.5 Å². The number of aromatic nitrogens is 2. The van der Waals surface area contributed by atoms with E-state index in [2.05, 4.69) is 72.4 Å². The summed E-state index contributed by atoms with van der Waals surface area (Å²) in [6.45, 7) is 8.15. The lowest BCUT2D eigenvalue weighted by Gasteiger charge is -2.26. The lowest BCUT2D eigenvalue weighted by molar-refractivity contribution is 0.221. The maximum absolute atomic E-state index is 4.71. The molecule has 0 amide bonds. The fourth-order valence-electron chi connectivity index (χ4n) is 4.88. The summed E-state index contributed by atoms with van der Waals surface area (Å²) >= 11 is 0. The highest BCUT2D eigenvalue weighted by atomic mass is 15.1. The van der Waals surface area contributed by atoms with E-state index in [1.807, 2.05) is 0 Å². The van der Waals surface area contributed by atoms with E-state index in [9.17, 15) is 0 Å². The van der Waals surface area contributed by atoms with E-state index in [1.165, 1.54) is 65.9 Å². The molecule has 1 aliphatic heterocycles. The van der Waals surface area contributed by atoms with Gasteiger partial charge in [0.05, 0.1) is 11.4 Å². The van der Waals surface area contributed by atoms with E-state index in [0.717, 1.165) is 12.2 Å². The van der Waals surface area contributed by atoms with Crippen LogP contribution in [0, 0.1) is 0 Å². The minimum atomic E-state index is -0.0271. The lowest BCUT2D eigenvalue weighted by atomic mass is 9.81. The van der Waals surface area contributed by atoms with E-state index < -0.39 is 0 Å². The third-order valence-electron chi connectivity index (χ3n) is 6.34. The van der Waals surface area contributed by atoms with Crippen LogP contribution < -0.4 is 0 Å². The molecule has 1 aliphatic carbocycles. The van der Waals surface area contributed by atoms with Gasteiger partial charge < -0.3 is 0 Å². The Morgan fingerprint density at radius 1 is 0.963 bits per heavy atom. The molecule has 0 saturated carbocycles. The predicted octanol–water partition coefficient (Wildman–Crippen LogP) is 5.37. The zero-order chi connectivity index (χ0) is 18.4. The minimum absolute atomic E-state index is 0.0271. The molecule has 0 radical (unpaired) electrons. The van der Waals surface area contributed by atoms with Gasteiger partial charge in [0.2, 0.25) is 0 Å². The second kappa shape index (κ2) is 6.35. The number of H-pyrrole nitrogens is 1. The van der Waals surface area contributed by atoms with Crippen LogP contribution in [0.3, 0.4) is 0 Å². The van der Waals surface area contributed by atoms with Crippen molar-refractivity contribution in [3.05, 3.63) is 65.2 Å². The van der Waals surface area contributed by atoms with Crippen molar-refractivity contribution in [1.29, 1.82) is 0 Å². The highest BCUT2D eigenvalue weighted by Crippen LogP contribution is 2.50. The quantitative estimate of drug-likeness (QED) is 0.683. The Morgan fingerprint density at radius 3 is 2.48 bits per heavy atom. The van der Waals surface area contributed by atoms with E-state index in [4.69, 9.17) is 5.10 Å². The van der Waals surface area contributed by atoms with Crippen LogP contribution in [0.2, 0.25) is 0 Å². The van der Waals surface area contributed by atoms with Crippen molar-refractivity contribution >= 4 is 0 Å². The monoisotopic (exact) mass is 357 g/mol. The van der Waals surface area contributed by atoms with Gasteiger partial charge in [0.1, 0.15) is 0 Å². The molecular weight excluding hydrogens is 330 g/mol. The van der Waals surface area contributed by atoms with Crippen molar-refractivity contribution in [2.24, 2.45) is 0 Å². The van der Waals surface area contributed by atoms with Gasteiger partial charge in [-0.15, -0.1) is 0 Å². The summed E-state index contributed by atoms with van der Waals surface area (Å²) in [7, 11) is 0. The number of benzene rings is 2. The highest BCUT2D eigenvalue weighted by molar-refractivity contribution is 5.84. The molecule has 1 fully saturated rings. The zero-order valence-electron chi connectivity index (χ0n) is 16.3. The van der Waals surface area contributed by atoms with E-state index in [1.54, 1.807) is 0 Å². The van der Waals surface area contributed by atoms with Crippen LogP contribution in [0.4, 0.5) is 0 Å². The molecule has 138 valence electrons. The van der Waals surface area contributed by atoms with Gasteiger partial charge in [-0.25, -0.2) is 0 Å². The normalized spacial score (nSPS) is 18.3. The molecule has 1 aromatic heterocycles. The summed E-state index contributed by atoms with van der Waals surface area (Å²) in [6, 6.07) is 17.7. The molecule has 0 atom stereocenters. The van der Waals surface area contributed by atoms with Crippen molar-refractivity contribution < 1.29 is 0 Å². The zero-order valence-corrected chi connectivity index (χ0v) is 16.3. The van der Waals surface area contributed by atoms with Crippen molar-refractivity contribution in [2.75, 3.05) is 13.1 Å². The van der Waals surface area contributed by atoms with Gasteiger partial charge >= 0.3 is 0 Å². The third kappa shape index (κ3) is 2.72. The molecule has 3 heteroatoms. The van der Waals surface area contributed by atoms with Gasteiger partial charge in [-0.05, 0) is 37.1 Å². The van der Waals surface area contributed by atoms with Crippen LogP contribution in [0.1, 0.15) is 49.8 Å². The molecule has 2 aliphatic rings. The van der Waals surface area contributed by atoms with Crippen LogP contribution in [-0.2, 0) is 12.0 Å². The minimum Gasteiger partial charge on any atom is -0.299 e. The largest absolute Gasteiger partial charge is 0.299 e. The topological polar surface area (TPSA) is 31.9 Å². The summed E-state index contributed by atoms with van der Waals surface area (Å²) in [5, 5.41) is 8.03. The average molecular weight is 358 g/mol. The summed E-state index contributed by atoms with van der Waals surface area (Å²) in [5.74, 6) is 0. The van der Waals surface area contributed by atoms with Gasteiger partial charge in [0.25, 0.3) is 0 Å². The van der Waals surface area contributed by atoms with Crippen LogP contribution in [0.15, 0.2) is 48.5 Å². The first kappa shape index (κ1) is 16.8. The number of nitrogens with zero attached hydrogens (tertiary/aromatic N) is 2. The van der Waals surface area contributed by atoms with Crippen molar-refractivity contribution in [2.45, 2.75) is 45.1 Å². The smallest absolute Gasteiger partial charge is 0.0968 e. The summed E-state index contributed by atoms with van der Waals surface area (Å²) in [4.78, 5) is 2.57. The molecule has 5 rings (SSSR count). The number of hydrogen-bond acceptors (Lipinski definition) is 2. The van der Waals surface area contributed by atoms with Crippen LogP contribution >= 0.6 is 0 Å². The Hall–Kier alpha value is -2.39. The fourth-order valence-corrected chi connectivity index (χ4v) is 4.88. The standard InChI is InChI=1S/C24H27N3/c1-24(2)20-9-5-4-8-19(20)23-21(24)22(25-26-23)18-12-10-17(11-13-18)16-27-14-6-3-7-15-27/h4-5,8-13H,3,6-7,14-16H2,1-2H3,(H,25,26). The second-order valence-electron chi connectivity index (χ2n) is 8.53. The molecule has 1 N–H and O–H groups in total. The Balaban J connectivity index is 1.46. The number of aromatic amines is 1. The molecule has 0 spiro atoms. The molecular formula is C24H27N3. The number of rotatable bonds is 3. The predicted molar refractivity (Wildman–Crippen MR) is 111 cm³/mol. The Bertz CT molecular complexity index is 960. The third-order valence-corrected chi connectivity index (χ3v) is 6.34. The Labute approximate surface area is 161 Å². The number of nitrogens with one attached hydrogen (secondary N) is 1. The molecule has 2 heterocycles. The van der Waals surface area contributed by atoms with Gasteiger partial charge in [0, 0.05) is 28.7 Å². The first-order valence-corrected chi connectivity index (χ1v) is 10.1. The summed E-state index contributed by atoms with van der Waals surface area (Å²) in [5.41, 5.74) is 8.85. The van der Waals surface area contributed by atoms with E-state index >= 15 is 0 Å². The van der Waals surface area contributed by atoms with Gasteiger partial charge in [0.15, 0.2) is 0 Å². The second-order valence-corrected chi connectivity index (χ2v) is 8.53. The number of piperidine rings is 1. The van der Waals surface area contributed by atoms with Gasteiger partial charge in [-0.2, -0.15) is 5.10 Å². The Kier molecular flexibility index (Phi) is 3.94. The molecule has 0 unspecified atom stereocenters. The Morgan fingerprint density at radius 2 is 1.70 bits per heavy atom. The van der Waals surface area contributed by atoms with Gasteiger partial charge in [-0.1, -0.05) is 68.8 Å². The van der Waals surface area contributed by atoms with Crippen molar-refractivity contribution in [3.63, 3.8) is 0 Å². The number of hydrogen-bond donors (Lipinski definition) is 1. The SMILES string of the molecule is CC1(C)c2ccccc2-c2[nH]nc(-c3ccc(CN4CCCCC4)cc3)c21. The number of likely N-dealkylation sites (tertiary alicyclic amines) is 1. The number of fused-ring (bicyclic) bond motifs is 3. The maximum atomic E-state index is 4.71. The molecule has 3 nitrogen and oxygen atoms in total. The lowest BCUT2D eigenvalue weighted by Crippen LogP contribution is -2.29. The molecule has 0 bridgehead atoms. The summed E-state index contributed by atoms with van der Waals surface area (Å²) in [6.07, 6.45) is 4.07. The summed E-state index contributed by atoms with van der Waals surface area (Å²) < 4.78 is 0.